The summed E-state index contributed by atoms with van der Waals surface area (Å²) < 4.78 is 0. The van der Waals surface area contributed by atoms with Crippen LogP contribution in [0.25, 0.3) is 0 Å². The smallest absolute Gasteiger partial charge is 0.229 e. The van der Waals surface area contributed by atoms with Gasteiger partial charge in [0.25, 0.3) is 0 Å². The van der Waals surface area contributed by atoms with Crippen molar-refractivity contribution in [3.8, 4) is 0 Å². The van der Waals surface area contributed by atoms with Crippen molar-refractivity contribution in [2.45, 2.75) is 39.5 Å². The van der Waals surface area contributed by atoms with Crippen molar-refractivity contribution in [3.05, 3.63) is 29.8 Å². The molecule has 0 saturated carbocycles. The highest BCUT2D eigenvalue weighted by Gasteiger charge is 2.33. The van der Waals surface area contributed by atoms with Crippen molar-refractivity contribution in [2.24, 2.45) is 5.92 Å². The number of Topliss-reactive ketones (excluding diaryl/α,β-unsaturated/α-hetero) is 1. The van der Waals surface area contributed by atoms with Gasteiger partial charge in [-0.05, 0) is 25.5 Å². The molecule has 1 aliphatic heterocycles. The molecule has 0 spiro atoms. The fraction of sp³-hybridized carbons (Fsp3) is 0.500. The predicted molar refractivity (Wildman–Crippen MR) is 89.3 cm³/mol. The third kappa shape index (κ3) is 4.65. The first-order valence-corrected chi connectivity index (χ1v) is 8.21. The molecule has 1 unspecified atom stereocenters. The molecule has 124 valence electrons. The summed E-state index contributed by atoms with van der Waals surface area (Å²) in [4.78, 5) is 37.5. The second-order valence-corrected chi connectivity index (χ2v) is 6.07. The van der Waals surface area contributed by atoms with E-state index in [4.69, 9.17) is 0 Å². The molecule has 1 saturated heterocycles. The van der Waals surface area contributed by atoms with E-state index in [-0.39, 0.29) is 29.9 Å². The molecule has 5 nitrogen and oxygen atoms in total. The molecule has 2 amide bonds. The van der Waals surface area contributed by atoms with E-state index < -0.39 is 0 Å². The highest BCUT2D eigenvalue weighted by molar-refractivity contribution is 5.99. The number of hydrogen-bond acceptors (Lipinski definition) is 3. The number of likely N-dealkylation sites (tertiary alicyclic amines) is 1. The van der Waals surface area contributed by atoms with E-state index in [2.05, 4.69) is 12.2 Å². The second-order valence-electron chi connectivity index (χ2n) is 6.07. The summed E-state index contributed by atoms with van der Waals surface area (Å²) in [7, 11) is 0. The Labute approximate surface area is 137 Å². The Hall–Kier alpha value is -2.17. The molecule has 2 rings (SSSR count). The van der Waals surface area contributed by atoms with Gasteiger partial charge in [0.15, 0.2) is 5.78 Å². The van der Waals surface area contributed by atoms with E-state index in [0.717, 1.165) is 25.8 Å². The highest BCUT2D eigenvalue weighted by Crippen LogP contribution is 2.21. The van der Waals surface area contributed by atoms with Crippen molar-refractivity contribution in [1.29, 1.82) is 0 Å². The molecular weight excluding hydrogens is 292 g/mol. The second kappa shape index (κ2) is 7.90. The maximum atomic E-state index is 12.3. The fourth-order valence-electron chi connectivity index (χ4n) is 2.78. The zero-order chi connectivity index (χ0) is 16.8. The van der Waals surface area contributed by atoms with E-state index in [1.807, 2.05) is 0 Å². The van der Waals surface area contributed by atoms with Crippen LogP contribution < -0.4 is 5.32 Å². The summed E-state index contributed by atoms with van der Waals surface area (Å²) in [5.41, 5.74) is 1.16. The van der Waals surface area contributed by atoms with Crippen LogP contribution in [0.3, 0.4) is 0 Å². The molecule has 0 radical (unpaired) electrons. The molecular formula is C18H24N2O3. The number of nitrogens with one attached hydrogen (secondary N) is 1. The quantitative estimate of drug-likeness (QED) is 0.621. The van der Waals surface area contributed by atoms with Crippen LogP contribution >= 0.6 is 0 Å². The van der Waals surface area contributed by atoms with Gasteiger partial charge in [-0.15, -0.1) is 0 Å². The molecule has 23 heavy (non-hydrogen) atoms. The lowest BCUT2D eigenvalue weighted by molar-refractivity contribution is -0.128. The van der Waals surface area contributed by atoms with Crippen LogP contribution in [-0.4, -0.2) is 35.6 Å². The van der Waals surface area contributed by atoms with Gasteiger partial charge in [0.1, 0.15) is 0 Å². The predicted octanol–water partition coefficient (Wildman–Crippen LogP) is 2.87. The molecule has 1 N–H and O–H groups in total. The Kier molecular flexibility index (Phi) is 5.90. The normalized spacial score (nSPS) is 17.4. The summed E-state index contributed by atoms with van der Waals surface area (Å²) in [6, 6.07) is 6.87. The van der Waals surface area contributed by atoms with E-state index in [1.54, 1.807) is 29.2 Å². The van der Waals surface area contributed by atoms with Gasteiger partial charge in [-0.3, -0.25) is 14.4 Å². The van der Waals surface area contributed by atoms with Crippen molar-refractivity contribution < 1.29 is 14.4 Å². The fourth-order valence-corrected chi connectivity index (χ4v) is 2.78. The van der Waals surface area contributed by atoms with Crippen LogP contribution in [0.5, 0.6) is 0 Å². The van der Waals surface area contributed by atoms with Gasteiger partial charge in [0.05, 0.1) is 5.92 Å². The maximum Gasteiger partial charge on any atom is 0.229 e. The molecule has 1 aromatic rings. The number of amides is 2. The molecule has 1 atom stereocenters. The number of benzene rings is 1. The summed E-state index contributed by atoms with van der Waals surface area (Å²) in [5.74, 6) is -0.458. The number of carbonyl (C=O) groups is 3. The Morgan fingerprint density at radius 3 is 2.78 bits per heavy atom. The molecule has 0 aromatic heterocycles. The van der Waals surface area contributed by atoms with Crippen LogP contribution in [-0.2, 0) is 9.59 Å². The van der Waals surface area contributed by atoms with Gasteiger partial charge in [-0.2, -0.15) is 0 Å². The lowest BCUT2D eigenvalue weighted by atomic mass is 10.1. The minimum Gasteiger partial charge on any atom is -0.342 e. The molecule has 1 heterocycles. The number of rotatable bonds is 7. The largest absolute Gasteiger partial charge is 0.342 e. The third-order valence-corrected chi connectivity index (χ3v) is 4.15. The van der Waals surface area contributed by atoms with Crippen molar-refractivity contribution in [1.82, 2.24) is 4.90 Å². The van der Waals surface area contributed by atoms with E-state index in [1.165, 1.54) is 6.92 Å². The Morgan fingerprint density at radius 1 is 1.30 bits per heavy atom. The average Bonchev–Trinajstić information content (AvgIpc) is 2.89. The lowest BCUT2D eigenvalue weighted by Crippen LogP contribution is -2.29. The van der Waals surface area contributed by atoms with Gasteiger partial charge < -0.3 is 10.2 Å². The number of hydrogen-bond donors (Lipinski definition) is 1. The van der Waals surface area contributed by atoms with Gasteiger partial charge in [0, 0.05) is 30.8 Å². The van der Waals surface area contributed by atoms with Crippen LogP contribution in [0, 0.1) is 5.92 Å². The number of unbranched alkanes of at least 4 members (excludes halogenated alkanes) is 2. The highest BCUT2D eigenvalue weighted by atomic mass is 16.2. The summed E-state index contributed by atoms with van der Waals surface area (Å²) in [5, 5.41) is 2.82. The topological polar surface area (TPSA) is 66.5 Å². The molecule has 0 aliphatic carbocycles. The zero-order valence-corrected chi connectivity index (χ0v) is 13.8. The van der Waals surface area contributed by atoms with Crippen molar-refractivity contribution in [3.63, 3.8) is 0 Å². The van der Waals surface area contributed by atoms with Crippen LogP contribution in [0.2, 0.25) is 0 Å². The van der Waals surface area contributed by atoms with Crippen LogP contribution in [0.1, 0.15) is 49.9 Å². The van der Waals surface area contributed by atoms with Crippen LogP contribution in [0.15, 0.2) is 24.3 Å². The Balaban J connectivity index is 1.92. The average molecular weight is 316 g/mol. The molecule has 0 bridgehead atoms. The van der Waals surface area contributed by atoms with Crippen molar-refractivity contribution >= 4 is 23.3 Å². The monoisotopic (exact) mass is 316 g/mol. The first-order chi connectivity index (χ1) is 11.0. The first-order valence-electron chi connectivity index (χ1n) is 8.21. The maximum absolute atomic E-state index is 12.3. The SMILES string of the molecule is CCCCCN1CC(C(=O)Nc2cccc(C(C)=O)c2)CC1=O. The van der Waals surface area contributed by atoms with Gasteiger partial charge in [-0.25, -0.2) is 0 Å². The number of nitrogens with zero attached hydrogens (tertiary/aromatic N) is 1. The lowest BCUT2D eigenvalue weighted by Gasteiger charge is -2.16. The molecule has 1 fully saturated rings. The van der Waals surface area contributed by atoms with E-state index in [0.29, 0.717) is 17.8 Å². The van der Waals surface area contributed by atoms with Crippen molar-refractivity contribution in [2.75, 3.05) is 18.4 Å². The first kappa shape index (κ1) is 17.2. The third-order valence-electron chi connectivity index (χ3n) is 4.15. The number of ketones is 1. The minimum atomic E-state index is -0.315. The summed E-state index contributed by atoms with van der Waals surface area (Å²) >= 11 is 0. The Morgan fingerprint density at radius 2 is 2.09 bits per heavy atom. The molecule has 5 heteroatoms. The summed E-state index contributed by atoms with van der Waals surface area (Å²) in [6.45, 7) is 4.83. The van der Waals surface area contributed by atoms with Gasteiger partial charge >= 0.3 is 0 Å². The number of carbonyl (C=O) groups excluding carboxylic acids is 3. The van der Waals surface area contributed by atoms with E-state index in [9.17, 15) is 14.4 Å². The summed E-state index contributed by atoms with van der Waals surface area (Å²) in [6.07, 6.45) is 3.46. The standard InChI is InChI=1S/C18H24N2O3/c1-3-4-5-9-20-12-15(11-17(20)22)18(23)19-16-8-6-7-14(10-16)13(2)21/h6-8,10,15H,3-5,9,11-12H2,1-2H3,(H,19,23). The molecule has 1 aliphatic rings. The number of anilines is 1. The minimum absolute atomic E-state index is 0.0424. The Bertz CT molecular complexity index is 598. The van der Waals surface area contributed by atoms with Gasteiger partial charge in [0.2, 0.25) is 11.8 Å². The van der Waals surface area contributed by atoms with Crippen LogP contribution in [0.4, 0.5) is 5.69 Å². The molecule has 1 aromatic carbocycles. The van der Waals surface area contributed by atoms with Gasteiger partial charge in [-0.1, -0.05) is 31.9 Å². The van der Waals surface area contributed by atoms with E-state index >= 15 is 0 Å². The zero-order valence-electron chi connectivity index (χ0n) is 13.8.